The van der Waals surface area contributed by atoms with Crippen molar-refractivity contribution in [3.63, 3.8) is 0 Å². The highest BCUT2D eigenvalue weighted by Crippen LogP contribution is 2.45. The van der Waals surface area contributed by atoms with Gasteiger partial charge in [0.05, 0.1) is 26.4 Å². The summed E-state index contributed by atoms with van der Waals surface area (Å²) < 4.78 is 68.8. The van der Waals surface area contributed by atoms with E-state index in [0.29, 0.717) is 25.7 Å². The Kier molecular flexibility index (Phi) is 72.2. The number of hydrogen-bond acceptors (Lipinski definition) is 15. The molecule has 4 unspecified atom stereocenters. The summed E-state index contributed by atoms with van der Waals surface area (Å²) in [5.41, 5.74) is 0. The van der Waals surface area contributed by atoms with Crippen LogP contribution in [0.15, 0.2) is 0 Å². The summed E-state index contributed by atoms with van der Waals surface area (Å²) in [5.74, 6) is -0.526. The topological polar surface area (TPSA) is 237 Å². The van der Waals surface area contributed by atoms with E-state index in [1.54, 1.807) is 0 Å². The molecular formula is C82H160O17P2. The van der Waals surface area contributed by atoms with Crippen molar-refractivity contribution in [1.29, 1.82) is 0 Å². The molecular weight excluding hydrogens is 1320 g/mol. The lowest BCUT2D eigenvalue weighted by Gasteiger charge is -2.21. The number of ether oxygens (including phenoxy) is 4. The van der Waals surface area contributed by atoms with Crippen LogP contribution in [0.4, 0.5) is 0 Å². The standard InChI is InChI=1S/C82H160O17P2/c1-7-11-13-15-17-19-21-23-25-26-27-28-29-35-39-43-47-55-61-67-81(86)98-77(70-92-79(84)64-58-52-45-41-37-34-31-30-32-36-40-44-50-56-62-74(5)9-3)72-96-100(88,89)94-68-76(83)69-95-101(90,91)97-73-78(71-93-80(85)65-59-53-49-48-51-57-63-75(6)10-4)99-82(87)66-60-54-46-42-38-33-24-22-20-18-16-14-12-8-2/h74-78,83H,7-73H2,1-6H3,(H,88,89)(H,90,91)/t74?,75?,76-,77-,78-/m1/s1. The van der Waals surface area contributed by atoms with Crippen molar-refractivity contribution in [2.24, 2.45) is 11.8 Å². The van der Waals surface area contributed by atoms with Gasteiger partial charge in [0.15, 0.2) is 12.2 Å². The molecule has 0 aromatic carbocycles. The van der Waals surface area contributed by atoms with Gasteiger partial charge in [0, 0.05) is 25.7 Å². The summed E-state index contributed by atoms with van der Waals surface area (Å²) in [6, 6.07) is 0. The monoisotopic (exact) mass is 1480 g/mol. The van der Waals surface area contributed by atoms with E-state index < -0.39 is 97.5 Å². The van der Waals surface area contributed by atoms with Gasteiger partial charge in [-0.3, -0.25) is 37.3 Å². The highest BCUT2D eigenvalue weighted by atomic mass is 31.2. The Morgan fingerprint density at radius 1 is 0.277 bits per heavy atom. The molecule has 0 spiro atoms. The smallest absolute Gasteiger partial charge is 0.462 e. The molecule has 0 aliphatic heterocycles. The fraction of sp³-hybridized carbons (Fsp3) is 0.951. The molecule has 0 aromatic heterocycles. The van der Waals surface area contributed by atoms with Gasteiger partial charge in [-0.15, -0.1) is 0 Å². The number of carbonyl (C=O) groups is 4. The lowest BCUT2D eigenvalue weighted by Crippen LogP contribution is -2.30. The number of hydrogen-bond donors (Lipinski definition) is 3. The quantitative estimate of drug-likeness (QED) is 0.0222. The first kappa shape index (κ1) is 99.1. The highest BCUT2D eigenvalue weighted by Gasteiger charge is 2.30. The highest BCUT2D eigenvalue weighted by molar-refractivity contribution is 7.47. The van der Waals surface area contributed by atoms with Crippen molar-refractivity contribution in [3.05, 3.63) is 0 Å². The minimum atomic E-state index is -4.96. The Morgan fingerprint density at radius 3 is 0.703 bits per heavy atom. The Morgan fingerprint density at radius 2 is 0.475 bits per heavy atom. The summed E-state index contributed by atoms with van der Waals surface area (Å²) in [6.07, 6.45) is 63.8. The first-order valence-electron chi connectivity index (χ1n) is 42.6. The van der Waals surface area contributed by atoms with Crippen molar-refractivity contribution in [2.45, 2.75) is 452 Å². The number of aliphatic hydroxyl groups excluding tert-OH is 1. The second kappa shape index (κ2) is 73.6. The molecule has 0 amide bonds. The zero-order chi connectivity index (χ0) is 74.2. The second-order valence-corrected chi connectivity index (χ2v) is 32.9. The van der Waals surface area contributed by atoms with E-state index >= 15 is 0 Å². The van der Waals surface area contributed by atoms with Crippen LogP contribution in [0.5, 0.6) is 0 Å². The Bertz CT molecular complexity index is 1950. The van der Waals surface area contributed by atoms with E-state index in [9.17, 15) is 43.2 Å². The summed E-state index contributed by atoms with van der Waals surface area (Å²) in [6.45, 7) is 9.66. The Labute approximate surface area is 619 Å². The van der Waals surface area contributed by atoms with E-state index in [4.69, 9.17) is 37.0 Å². The number of phosphoric acid groups is 2. The first-order chi connectivity index (χ1) is 48.9. The van der Waals surface area contributed by atoms with Gasteiger partial charge in [-0.05, 0) is 37.5 Å². The van der Waals surface area contributed by atoms with Crippen molar-refractivity contribution >= 4 is 39.5 Å². The van der Waals surface area contributed by atoms with Crippen LogP contribution in [0.3, 0.4) is 0 Å². The van der Waals surface area contributed by atoms with Gasteiger partial charge in [0.2, 0.25) is 0 Å². The molecule has 0 aromatic rings. The second-order valence-electron chi connectivity index (χ2n) is 30.0. The van der Waals surface area contributed by atoms with Crippen LogP contribution in [0.1, 0.15) is 433 Å². The zero-order valence-electron chi connectivity index (χ0n) is 66.2. The molecule has 0 fully saturated rings. The molecule has 3 N–H and O–H groups in total. The van der Waals surface area contributed by atoms with Gasteiger partial charge >= 0.3 is 39.5 Å². The summed E-state index contributed by atoms with van der Waals surface area (Å²) in [7, 11) is -9.92. The minimum absolute atomic E-state index is 0.107. The van der Waals surface area contributed by atoms with Crippen LogP contribution in [0.25, 0.3) is 0 Å². The molecule has 0 aliphatic carbocycles. The van der Waals surface area contributed by atoms with E-state index in [2.05, 4.69) is 41.5 Å². The van der Waals surface area contributed by atoms with Crippen molar-refractivity contribution in [1.82, 2.24) is 0 Å². The number of phosphoric ester groups is 2. The molecule has 101 heavy (non-hydrogen) atoms. The SMILES string of the molecule is CCCCCCCCCCCCCCCCCCCCCC(=O)O[C@H](COC(=O)CCCCCCCCCCCCCCCCC(C)CC)COP(=O)(O)OC[C@@H](O)COP(=O)(O)OC[C@@H](COC(=O)CCCCCCCCC(C)CC)OC(=O)CCCCCCCCCCCCCCCC. The first-order valence-corrected chi connectivity index (χ1v) is 45.6. The molecule has 0 saturated carbocycles. The Hall–Kier alpha value is -1.94. The van der Waals surface area contributed by atoms with E-state index in [1.807, 2.05) is 0 Å². The molecule has 0 aliphatic rings. The lowest BCUT2D eigenvalue weighted by molar-refractivity contribution is -0.161. The van der Waals surface area contributed by atoms with Gasteiger partial charge in [0.25, 0.3) is 0 Å². The van der Waals surface area contributed by atoms with Gasteiger partial charge in [0.1, 0.15) is 19.3 Å². The summed E-state index contributed by atoms with van der Waals surface area (Å²) >= 11 is 0. The predicted octanol–water partition coefficient (Wildman–Crippen LogP) is 24.7. The largest absolute Gasteiger partial charge is 0.472 e. The maximum Gasteiger partial charge on any atom is 0.472 e. The Balaban J connectivity index is 5.24. The molecule has 0 heterocycles. The fourth-order valence-electron chi connectivity index (χ4n) is 12.6. The van der Waals surface area contributed by atoms with Crippen LogP contribution in [0.2, 0.25) is 0 Å². The molecule has 0 bridgehead atoms. The van der Waals surface area contributed by atoms with Crippen LogP contribution in [-0.2, 0) is 65.4 Å². The maximum absolute atomic E-state index is 13.1. The third-order valence-corrected chi connectivity index (χ3v) is 21.8. The minimum Gasteiger partial charge on any atom is -0.462 e. The third-order valence-electron chi connectivity index (χ3n) is 19.9. The van der Waals surface area contributed by atoms with Gasteiger partial charge in [-0.2, -0.15) is 0 Å². The van der Waals surface area contributed by atoms with Crippen LogP contribution >= 0.6 is 15.6 Å². The summed E-state index contributed by atoms with van der Waals surface area (Å²) in [5, 5.41) is 10.6. The van der Waals surface area contributed by atoms with Gasteiger partial charge in [-0.25, -0.2) is 9.13 Å². The molecule has 7 atom stereocenters. The number of unbranched alkanes of at least 4 members (excludes halogenated alkanes) is 49. The molecule has 0 rings (SSSR count). The molecule has 0 saturated heterocycles. The molecule has 17 nitrogen and oxygen atoms in total. The van der Waals surface area contributed by atoms with Crippen LogP contribution in [-0.4, -0.2) is 96.7 Å². The number of esters is 4. The van der Waals surface area contributed by atoms with E-state index in [-0.39, 0.29) is 25.7 Å². The van der Waals surface area contributed by atoms with E-state index in [1.165, 1.54) is 244 Å². The van der Waals surface area contributed by atoms with E-state index in [0.717, 1.165) is 108 Å². The number of carbonyl (C=O) groups excluding carboxylic acids is 4. The summed E-state index contributed by atoms with van der Waals surface area (Å²) in [4.78, 5) is 73.1. The van der Waals surface area contributed by atoms with Gasteiger partial charge in [-0.1, -0.05) is 382 Å². The molecule has 600 valence electrons. The molecule has 0 radical (unpaired) electrons. The van der Waals surface area contributed by atoms with Crippen LogP contribution in [0, 0.1) is 11.8 Å². The average molecular weight is 1480 g/mol. The lowest BCUT2D eigenvalue weighted by atomic mass is 9.99. The molecule has 19 heteroatoms. The maximum atomic E-state index is 13.1. The zero-order valence-corrected chi connectivity index (χ0v) is 68.0. The fourth-order valence-corrected chi connectivity index (χ4v) is 14.2. The van der Waals surface area contributed by atoms with Gasteiger partial charge < -0.3 is 33.8 Å². The predicted molar refractivity (Wildman–Crippen MR) is 414 cm³/mol. The third kappa shape index (κ3) is 73.4. The number of aliphatic hydroxyl groups is 1. The average Bonchev–Trinajstić information content (AvgIpc) is 1.01. The van der Waals surface area contributed by atoms with Crippen molar-refractivity contribution < 1.29 is 80.2 Å². The van der Waals surface area contributed by atoms with Crippen molar-refractivity contribution in [3.8, 4) is 0 Å². The van der Waals surface area contributed by atoms with Crippen LogP contribution < -0.4 is 0 Å². The normalized spacial score (nSPS) is 14.4. The number of rotatable bonds is 81. The van der Waals surface area contributed by atoms with Crippen molar-refractivity contribution in [2.75, 3.05) is 39.6 Å².